The van der Waals surface area contributed by atoms with E-state index in [1.165, 1.54) is 0 Å². The molecule has 1 aliphatic heterocycles. The third-order valence-electron chi connectivity index (χ3n) is 4.51. The summed E-state index contributed by atoms with van der Waals surface area (Å²) < 4.78 is 5.85. The molecule has 3 amide bonds. The number of carbonyl (C=O) groups excluding carboxylic acids is 2. The summed E-state index contributed by atoms with van der Waals surface area (Å²) in [6, 6.07) is 12.5. The van der Waals surface area contributed by atoms with Gasteiger partial charge in [0.05, 0.1) is 11.1 Å². The molecule has 0 fully saturated rings. The minimum atomic E-state index is -0.655. The number of nitrogens with zero attached hydrogens (tertiary/aromatic N) is 1. The molecule has 1 heterocycles. The monoisotopic (exact) mass is 379 g/mol. The van der Waals surface area contributed by atoms with Gasteiger partial charge in [-0.05, 0) is 56.7 Å². The first-order chi connectivity index (χ1) is 13.3. The smallest absolute Gasteiger partial charge is 0.323 e. The number of aryl methyl sites for hydroxylation is 1. The average molecular weight is 379 g/mol. The van der Waals surface area contributed by atoms with Gasteiger partial charge in [-0.2, -0.15) is 0 Å². The van der Waals surface area contributed by atoms with Crippen LogP contribution in [0.4, 0.5) is 21.9 Å². The second-order valence-electron chi connectivity index (χ2n) is 7.51. The van der Waals surface area contributed by atoms with Crippen LogP contribution in [0.25, 0.3) is 0 Å². The lowest BCUT2D eigenvalue weighted by molar-refractivity contribution is -0.127. The second kappa shape index (κ2) is 7.76. The Morgan fingerprint density at radius 3 is 2.61 bits per heavy atom. The van der Waals surface area contributed by atoms with Gasteiger partial charge in [-0.3, -0.25) is 4.79 Å². The predicted octanol–water partition coefficient (Wildman–Crippen LogP) is 4.58. The SMILES string of the molecule is C=CCN1C(=O)C(C)(C)COc2ccc(NC(=O)Nc3cccc(C)c3)cc21. The van der Waals surface area contributed by atoms with Crippen molar-refractivity contribution in [2.75, 3.05) is 28.7 Å². The fraction of sp³-hybridized carbons (Fsp3) is 0.273. The maximum absolute atomic E-state index is 12.9. The van der Waals surface area contributed by atoms with E-state index in [9.17, 15) is 9.59 Å². The molecule has 0 aliphatic carbocycles. The summed E-state index contributed by atoms with van der Waals surface area (Å²) in [5.41, 5.74) is 2.29. The van der Waals surface area contributed by atoms with Gasteiger partial charge < -0.3 is 20.3 Å². The first kappa shape index (κ1) is 19.5. The standard InChI is InChI=1S/C22H25N3O3/c1-5-11-25-18-13-17(9-10-19(18)28-14-22(3,4)20(25)26)24-21(27)23-16-8-6-7-15(2)12-16/h5-10,12-13H,1,11,14H2,2-4H3,(H2,23,24,27). The molecule has 6 heteroatoms. The molecule has 0 bridgehead atoms. The average Bonchev–Trinajstić information content (AvgIpc) is 2.72. The molecular formula is C22H25N3O3. The summed E-state index contributed by atoms with van der Waals surface area (Å²) in [5.74, 6) is 0.554. The third kappa shape index (κ3) is 4.17. The number of anilines is 3. The van der Waals surface area contributed by atoms with Gasteiger partial charge in [-0.15, -0.1) is 6.58 Å². The van der Waals surface area contributed by atoms with Crippen LogP contribution in [0.1, 0.15) is 19.4 Å². The predicted molar refractivity (Wildman–Crippen MR) is 112 cm³/mol. The van der Waals surface area contributed by atoms with E-state index in [0.29, 0.717) is 29.4 Å². The highest BCUT2D eigenvalue weighted by molar-refractivity contribution is 6.02. The summed E-state index contributed by atoms with van der Waals surface area (Å²) in [4.78, 5) is 26.9. The minimum Gasteiger partial charge on any atom is -0.490 e. The number of urea groups is 1. The van der Waals surface area contributed by atoms with Crippen LogP contribution in [-0.2, 0) is 4.79 Å². The molecule has 0 unspecified atom stereocenters. The zero-order chi connectivity index (χ0) is 20.3. The van der Waals surface area contributed by atoms with Crippen LogP contribution in [-0.4, -0.2) is 25.1 Å². The summed E-state index contributed by atoms with van der Waals surface area (Å²) >= 11 is 0. The molecule has 2 aromatic rings. The van der Waals surface area contributed by atoms with E-state index >= 15 is 0 Å². The van der Waals surface area contributed by atoms with Crippen LogP contribution in [0.3, 0.4) is 0 Å². The van der Waals surface area contributed by atoms with Crippen LogP contribution in [0, 0.1) is 12.3 Å². The molecule has 0 saturated carbocycles. The normalized spacial score (nSPS) is 15.1. The Morgan fingerprint density at radius 2 is 1.93 bits per heavy atom. The highest BCUT2D eigenvalue weighted by atomic mass is 16.5. The van der Waals surface area contributed by atoms with E-state index in [4.69, 9.17) is 4.74 Å². The van der Waals surface area contributed by atoms with Gasteiger partial charge in [-0.1, -0.05) is 18.2 Å². The number of nitrogens with one attached hydrogen (secondary N) is 2. The lowest BCUT2D eigenvalue weighted by Crippen LogP contribution is -2.42. The highest BCUT2D eigenvalue weighted by Crippen LogP contribution is 2.38. The maximum Gasteiger partial charge on any atom is 0.323 e. The van der Waals surface area contributed by atoms with Gasteiger partial charge in [0.15, 0.2) is 0 Å². The Labute approximate surface area is 165 Å². The number of rotatable bonds is 4. The van der Waals surface area contributed by atoms with Gasteiger partial charge in [0.25, 0.3) is 0 Å². The van der Waals surface area contributed by atoms with E-state index in [0.717, 1.165) is 5.56 Å². The number of hydrogen-bond donors (Lipinski definition) is 2. The first-order valence-electron chi connectivity index (χ1n) is 9.14. The van der Waals surface area contributed by atoms with Crippen molar-refractivity contribution < 1.29 is 14.3 Å². The van der Waals surface area contributed by atoms with E-state index in [2.05, 4.69) is 17.2 Å². The van der Waals surface area contributed by atoms with Crippen LogP contribution in [0.5, 0.6) is 5.75 Å². The molecule has 6 nitrogen and oxygen atoms in total. The molecule has 1 aliphatic rings. The lowest BCUT2D eigenvalue weighted by atomic mass is 9.93. The van der Waals surface area contributed by atoms with Crippen molar-refractivity contribution in [1.82, 2.24) is 0 Å². The number of ether oxygens (including phenoxy) is 1. The summed E-state index contributed by atoms with van der Waals surface area (Å²) in [7, 11) is 0. The minimum absolute atomic E-state index is 0.0486. The van der Waals surface area contributed by atoms with Crippen LogP contribution < -0.4 is 20.3 Å². The summed E-state index contributed by atoms with van der Waals surface area (Å²) in [6.45, 7) is 10.1. The molecule has 2 aromatic carbocycles. The van der Waals surface area contributed by atoms with E-state index in [1.54, 1.807) is 29.2 Å². The number of benzene rings is 2. The molecule has 0 radical (unpaired) electrons. The highest BCUT2D eigenvalue weighted by Gasteiger charge is 2.37. The lowest BCUT2D eigenvalue weighted by Gasteiger charge is -2.27. The van der Waals surface area contributed by atoms with E-state index < -0.39 is 5.41 Å². The fourth-order valence-corrected chi connectivity index (χ4v) is 3.05. The van der Waals surface area contributed by atoms with Crippen molar-refractivity contribution in [3.05, 3.63) is 60.7 Å². The Kier molecular flexibility index (Phi) is 5.40. The Bertz CT molecular complexity index is 921. The fourth-order valence-electron chi connectivity index (χ4n) is 3.05. The van der Waals surface area contributed by atoms with Crippen molar-refractivity contribution in [2.24, 2.45) is 5.41 Å². The van der Waals surface area contributed by atoms with Crippen molar-refractivity contribution in [1.29, 1.82) is 0 Å². The molecular weight excluding hydrogens is 354 g/mol. The largest absolute Gasteiger partial charge is 0.490 e. The number of carbonyl (C=O) groups is 2. The molecule has 146 valence electrons. The quantitative estimate of drug-likeness (QED) is 0.764. The zero-order valence-corrected chi connectivity index (χ0v) is 16.4. The topological polar surface area (TPSA) is 70.7 Å². The van der Waals surface area contributed by atoms with Crippen LogP contribution in [0.15, 0.2) is 55.1 Å². The summed E-state index contributed by atoms with van der Waals surface area (Å²) in [5, 5.41) is 5.61. The van der Waals surface area contributed by atoms with Gasteiger partial charge in [-0.25, -0.2) is 4.79 Å². The maximum atomic E-state index is 12.9. The van der Waals surface area contributed by atoms with Crippen molar-refractivity contribution in [3.8, 4) is 5.75 Å². The Hall–Kier alpha value is -3.28. The van der Waals surface area contributed by atoms with Crippen LogP contribution >= 0.6 is 0 Å². The Balaban J connectivity index is 1.83. The molecule has 0 atom stereocenters. The second-order valence-corrected chi connectivity index (χ2v) is 7.51. The number of hydrogen-bond acceptors (Lipinski definition) is 3. The van der Waals surface area contributed by atoms with E-state index in [-0.39, 0.29) is 18.5 Å². The van der Waals surface area contributed by atoms with Crippen LogP contribution in [0.2, 0.25) is 0 Å². The van der Waals surface area contributed by atoms with Crippen molar-refractivity contribution >= 4 is 29.0 Å². The van der Waals surface area contributed by atoms with Gasteiger partial charge in [0.1, 0.15) is 12.4 Å². The van der Waals surface area contributed by atoms with Crippen molar-refractivity contribution in [2.45, 2.75) is 20.8 Å². The van der Waals surface area contributed by atoms with Gasteiger partial charge in [0, 0.05) is 17.9 Å². The third-order valence-corrected chi connectivity index (χ3v) is 4.51. The molecule has 28 heavy (non-hydrogen) atoms. The van der Waals surface area contributed by atoms with Gasteiger partial charge >= 0.3 is 6.03 Å². The molecule has 3 rings (SSSR count). The van der Waals surface area contributed by atoms with Crippen molar-refractivity contribution in [3.63, 3.8) is 0 Å². The first-order valence-corrected chi connectivity index (χ1v) is 9.14. The summed E-state index contributed by atoms with van der Waals surface area (Å²) in [6.07, 6.45) is 1.67. The zero-order valence-electron chi connectivity index (χ0n) is 16.4. The molecule has 0 saturated heterocycles. The Morgan fingerprint density at radius 1 is 1.21 bits per heavy atom. The molecule has 2 N–H and O–H groups in total. The molecule has 0 aromatic heterocycles. The van der Waals surface area contributed by atoms with Gasteiger partial charge in [0.2, 0.25) is 5.91 Å². The number of fused-ring (bicyclic) bond motifs is 1. The van der Waals surface area contributed by atoms with E-state index in [1.807, 2.05) is 45.0 Å². The number of amides is 3. The molecule has 0 spiro atoms.